The van der Waals surface area contributed by atoms with Gasteiger partial charge in [0.2, 0.25) is 0 Å². The van der Waals surface area contributed by atoms with Gasteiger partial charge in [-0.05, 0) is 19.4 Å². The summed E-state index contributed by atoms with van der Waals surface area (Å²) in [5.74, 6) is 0.831. The Morgan fingerprint density at radius 1 is 1.14 bits per heavy atom. The minimum absolute atomic E-state index is 0.00204. The molecule has 1 aromatic carbocycles. The van der Waals surface area contributed by atoms with Crippen LogP contribution < -0.4 is 4.74 Å². The van der Waals surface area contributed by atoms with Crippen LogP contribution in [0.3, 0.4) is 0 Å². The van der Waals surface area contributed by atoms with Gasteiger partial charge in [-0.2, -0.15) is 0 Å². The summed E-state index contributed by atoms with van der Waals surface area (Å²) in [7, 11) is 1.66. The molecule has 1 unspecified atom stereocenters. The van der Waals surface area contributed by atoms with Crippen LogP contribution in [0.15, 0.2) is 24.3 Å². The Bertz CT molecular complexity index is 477. The molecule has 2 aliphatic heterocycles. The predicted molar refractivity (Wildman–Crippen MR) is 75.9 cm³/mol. The summed E-state index contributed by atoms with van der Waals surface area (Å²) < 4.78 is 28.7. The molecule has 0 bridgehead atoms. The van der Waals surface area contributed by atoms with E-state index in [0.717, 1.165) is 17.7 Å². The van der Waals surface area contributed by atoms with Crippen molar-refractivity contribution < 1.29 is 23.7 Å². The lowest BCUT2D eigenvalue weighted by atomic mass is 10.1. The third-order valence-corrected chi connectivity index (χ3v) is 3.97. The van der Waals surface area contributed by atoms with Gasteiger partial charge >= 0.3 is 0 Å². The fourth-order valence-corrected chi connectivity index (χ4v) is 2.93. The lowest BCUT2D eigenvalue weighted by Crippen LogP contribution is -2.34. The minimum Gasteiger partial charge on any atom is -0.496 e. The third-order valence-electron chi connectivity index (χ3n) is 3.97. The maximum Gasteiger partial charge on any atom is 0.189 e. The largest absolute Gasteiger partial charge is 0.496 e. The molecule has 21 heavy (non-hydrogen) atoms. The average molecular weight is 294 g/mol. The van der Waals surface area contributed by atoms with Crippen molar-refractivity contribution in [3.63, 3.8) is 0 Å². The van der Waals surface area contributed by atoms with Gasteiger partial charge in [0.1, 0.15) is 18.0 Å². The summed E-state index contributed by atoms with van der Waals surface area (Å²) in [6.07, 6.45) is 0.0459. The number of hydrogen-bond acceptors (Lipinski definition) is 5. The van der Waals surface area contributed by atoms with Crippen molar-refractivity contribution in [3.05, 3.63) is 29.8 Å². The normalized spacial score (nSPS) is 34.9. The van der Waals surface area contributed by atoms with Crippen LogP contribution in [0.25, 0.3) is 0 Å². The molecule has 116 valence electrons. The number of fused-ring (bicyclic) bond motifs is 1. The van der Waals surface area contributed by atoms with Gasteiger partial charge in [0.25, 0.3) is 0 Å². The van der Waals surface area contributed by atoms with Crippen molar-refractivity contribution in [2.45, 2.75) is 57.8 Å². The zero-order valence-electron chi connectivity index (χ0n) is 12.7. The third kappa shape index (κ3) is 2.92. The Labute approximate surface area is 125 Å². The highest BCUT2D eigenvalue weighted by atomic mass is 16.8. The second-order valence-electron chi connectivity index (χ2n) is 5.34. The highest BCUT2D eigenvalue weighted by molar-refractivity contribution is 5.32. The SMILES string of the molecule is CC[C@H]1O[C@@H]2OC(C)O[C@@H]2[C@H]1OCc1ccccc1OC. The summed E-state index contributed by atoms with van der Waals surface area (Å²) >= 11 is 0. The quantitative estimate of drug-likeness (QED) is 0.835. The molecule has 5 atom stereocenters. The van der Waals surface area contributed by atoms with E-state index in [4.69, 9.17) is 23.7 Å². The Morgan fingerprint density at radius 3 is 2.71 bits per heavy atom. The van der Waals surface area contributed by atoms with Gasteiger partial charge in [0.15, 0.2) is 12.6 Å². The Morgan fingerprint density at radius 2 is 1.95 bits per heavy atom. The Balaban J connectivity index is 1.68. The Kier molecular flexibility index (Phi) is 4.45. The van der Waals surface area contributed by atoms with Crippen molar-refractivity contribution in [2.24, 2.45) is 0 Å². The van der Waals surface area contributed by atoms with E-state index in [2.05, 4.69) is 6.92 Å². The second kappa shape index (κ2) is 6.32. The first-order valence-corrected chi connectivity index (χ1v) is 7.42. The molecule has 5 heteroatoms. The molecule has 2 aliphatic rings. The number of ether oxygens (including phenoxy) is 5. The van der Waals surface area contributed by atoms with Crippen molar-refractivity contribution in [1.82, 2.24) is 0 Å². The topological polar surface area (TPSA) is 46.2 Å². The molecule has 2 saturated heterocycles. The summed E-state index contributed by atoms with van der Waals surface area (Å²) in [6, 6.07) is 7.86. The molecule has 5 nitrogen and oxygen atoms in total. The van der Waals surface area contributed by atoms with Crippen molar-refractivity contribution in [3.8, 4) is 5.75 Å². The molecule has 0 aromatic heterocycles. The molecular formula is C16H22O5. The molecule has 0 saturated carbocycles. The molecule has 0 amide bonds. The van der Waals surface area contributed by atoms with E-state index in [9.17, 15) is 0 Å². The maximum atomic E-state index is 6.09. The molecule has 1 aromatic rings. The fraction of sp³-hybridized carbons (Fsp3) is 0.625. The lowest BCUT2D eigenvalue weighted by Gasteiger charge is -2.22. The predicted octanol–water partition coefficient (Wildman–Crippen LogP) is 2.48. The molecule has 0 spiro atoms. The van der Waals surface area contributed by atoms with Gasteiger partial charge in [0, 0.05) is 5.56 Å². The Hall–Kier alpha value is -1.14. The smallest absolute Gasteiger partial charge is 0.189 e. The highest BCUT2D eigenvalue weighted by Crippen LogP contribution is 2.36. The molecular weight excluding hydrogens is 272 g/mol. The van der Waals surface area contributed by atoms with Gasteiger partial charge in [-0.1, -0.05) is 25.1 Å². The number of methoxy groups -OCH3 is 1. The number of rotatable bonds is 5. The van der Waals surface area contributed by atoms with E-state index in [0.29, 0.717) is 6.61 Å². The average Bonchev–Trinajstić information content (AvgIpc) is 3.01. The van der Waals surface area contributed by atoms with Crippen LogP contribution in [0.4, 0.5) is 0 Å². The van der Waals surface area contributed by atoms with Crippen molar-refractivity contribution in [1.29, 1.82) is 0 Å². The lowest BCUT2D eigenvalue weighted by molar-refractivity contribution is -0.168. The monoisotopic (exact) mass is 294 g/mol. The first-order chi connectivity index (χ1) is 10.2. The van der Waals surface area contributed by atoms with Crippen LogP contribution >= 0.6 is 0 Å². The van der Waals surface area contributed by atoms with Crippen LogP contribution in [-0.2, 0) is 25.6 Å². The zero-order chi connectivity index (χ0) is 14.8. The van der Waals surface area contributed by atoms with Gasteiger partial charge < -0.3 is 23.7 Å². The molecule has 2 heterocycles. The van der Waals surface area contributed by atoms with Crippen LogP contribution in [0.2, 0.25) is 0 Å². The van der Waals surface area contributed by atoms with Crippen molar-refractivity contribution >= 4 is 0 Å². The van der Waals surface area contributed by atoms with E-state index < -0.39 is 0 Å². The van der Waals surface area contributed by atoms with E-state index >= 15 is 0 Å². The van der Waals surface area contributed by atoms with Crippen molar-refractivity contribution in [2.75, 3.05) is 7.11 Å². The minimum atomic E-state index is -0.312. The fourth-order valence-electron chi connectivity index (χ4n) is 2.93. The molecule has 0 N–H and O–H groups in total. The van der Waals surface area contributed by atoms with E-state index in [1.54, 1.807) is 7.11 Å². The van der Waals surface area contributed by atoms with Crippen LogP contribution in [-0.4, -0.2) is 38.0 Å². The van der Waals surface area contributed by atoms with Crippen LogP contribution in [0, 0.1) is 0 Å². The van der Waals surface area contributed by atoms with Crippen LogP contribution in [0.1, 0.15) is 25.8 Å². The summed E-state index contributed by atoms with van der Waals surface area (Å²) in [5, 5.41) is 0. The van der Waals surface area contributed by atoms with E-state index in [-0.39, 0.29) is 30.9 Å². The van der Waals surface area contributed by atoms with Gasteiger partial charge in [-0.3, -0.25) is 0 Å². The first-order valence-electron chi connectivity index (χ1n) is 7.42. The molecule has 2 fully saturated rings. The first kappa shape index (κ1) is 14.8. The highest BCUT2D eigenvalue weighted by Gasteiger charge is 2.51. The van der Waals surface area contributed by atoms with Gasteiger partial charge in [0.05, 0.1) is 19.8 Å². The molecule has 0 aliphatic carbocycles. The number of para-hydroxylation sites is 1. The second-order valence-corrected chi connectivity index (χ2v) is 5.34. The molecule has 3 rings (SSSR count). The summed E-state index contributed by atoms with van der Waals surface area (Å²) in [4.78, 5) is 0. The molecule has 0 radical (unpaired) electrons. The van der Waals surface area contributed by atoms with Crippen LogP contribution in [0.5, 0.6) is 5.75 Å². The standard InChI is InChI=1S/C16H22O5/c1-4-12-14(15-16(21-12)20-10(2)19-15)18-9-11-7-5-6-8-13(11)17-3/h5-8,10,12,14-16H,4,9H2,1-3H3/t10?,12-,14+,15-,16+/m1/s1. The van der Waals surface area contributed by atoms with E-state index in [1.807, 2.05) is 31.2 Å². The van der Waals surface area contributed by atoms with Gasteiger partial charge in [-0.25, -0.2) is 0 Å². The van der Waals surface area contributed by atoms with Gasteiger partial charge in [-0.15, -0.1) is 0 Å². The number of hydrogen-bond donors (Lipinski definition) is 0. The summed E-state index contributed by atoms with van der Waals surface area (Å²) in [6.45, 7) is 4.42. The summed E-state index contributed by atoms with van der Waals surface area (Å²) in [5.41, 5.74) is 1.02. The number of benzene rings is 1. The maximum absolute atomic E-state index is 6.09. The zero-order valence-corrected chi connectivity index (χ0v) is 12.7. The van der Waals surface area contributed by atoms with E-state index in [1.165, 1.54) is 0 Å².